The maximum absolute atomic E-state index is 12.0. The molecule has 0 saturated heterocycles. The summed E-state index contributed by atoms with van der Waals surface area (Å²) < 4.78 is 11.3. The van der Waals surface area contributed by atoms with Crippen molar-refractivity contribution in [3.63, 3.8) is 0 Å². The lowest BCUT2D eigenvalue weighted by Crippen LogP contribution is -2.24. The monoisotopic (exact) mass is 846 g/mol. The largest absolute Gasteiger partial charge is 0.451 e. The van der Waals surface area contributed by atoms with Gasteiger partial charge in [0, 0.05) is 0 Å². The molecule has 4 atom stereocenters. The summed E-state index contributed by atoms with van der Waals surface area (Å²) in [6.07, 6.45) is 12.0. The van der Waals surface area contributed by atoms with Crippen LogP contribution in [0.15, 0.2) is 0 Å². The lowest BCUT2D eigenvalue weighted by molar-refractivity contribution is -0.151. The normalized spacial score (nSPS) is 15.5. The van der Waals surface area contributed by atoms with Gasteiger partial charge in [0.25, 0.3) is 0 Å². The molecular weight excluding hydrogens is 812 g/mol. The average Bonchev–Trinajstić information content (AvgIpc) is 2.66. The maximum atomic E-state index is 12.0. The summed E-state index contributed by atoms with van der Waals surface area (Å²) >= 11 is 9.07. The highest BCUT2D eigenvalue weighted by atomic mass is 127. The molecule has 0 aliphatic carbocycles. The number of rotatable bonds is 17. The average molecular weight is 846 g/mol. The minimum absolute atomic E-state index is 0.0866. The first-order valence-corrected chi connectivity index (χ1v) is 15.2. The SMILES string of the molecule is CCCCCCC(I)C(I)OC(=O)CCC(=O)OC(I)C(I)CCCCCC. The number of carbonyl (C=O) groups is 2. The molecule has 8 heteroatoms. The van der Waals surface area contributed by atoms with Gasteiger partial charge >= 0.3 is 11.9 Å². The number of unbranched alkanes of at least 4 members (excludes halogenated alkanes) is 6. The summed E-state index contributed by atoms with van der Waals surface area (Å²) in [5, 5.41) is 0. The molecule has 4 nitrogen and oxygen atoms in total. The van der Waals surface area contributed by atoms with Gasteiger partial charge in [-0.15, -0.1) is 0 Å². The molecule has 0 aromatic heterocycles. The summed E-state index contributed by atoms with van der Waals surface area (Å²) in [7, 11) is 0. The van der Waals surface area contributed by atoms with E-state index in [0.29, 0.717) is 7.85 Å². The Morgan fingerprint density at radius 1 is 0.643 bits per heavy atom. The van der Waals surface area contributed by atoms with Crippen LogP contribution in [0.1, 0.15) is 90.9 Å². The van der Waals surface area contributed by atoms with Gasteiger partial charge in [-0.1, -0.05) is 110 Å². The molecule has 0 radical (unpaired) electrons. The molecule has 0 N–H and O–H groups in total. The summed E-state index contributed by atoms with van der Waals surface area (Å²) in [4.78, 5) is 24.0. The van der Waals surface area contributed by atoms with Crippen LogP contribution in [0.3, 0.4) is 0 Å². The molecule has 0 rings (SSSR count). The van der Waals surface area contributed by atoms with Crippen molar-refractivity contribution in [3.05, 3.63) is 0 Å². The fourth-order valence-corrected chi connectivity index (χ4v) is 4.98. The van der Waals surface area contributed by atoms with E-state index in [1.54, 1.807) is 0 Å². The predicted octanol–water partition coefficient (Wildman–Crippen LogP) is 7.92. The van der Waals surface area contributed by atoms with E-state index in [2.05, 4.69) is 104 Å². The second-order valence-electron chi connectivity index (χ2n) is 6.91. The Balaban J connectivity index is 3.98. The van der Waals surface area contributed by atoms with E-state index in [4.69, 9.17) is 9.47 Å². The van der Waals surface area contributed by atoms with E-state index in [1.807, 2.05) is 0 Å². The van der Waals surface area contributed by atoms with E-state index in [0.717, 1.165) is 25.7 Å². The minimum Gasteiger partial charge on any atom is -0.451 e. The van der Waals surface area contributed by atoms with Crippen LogP contribution in [-0.4, -0.2) is 28.0 Å². The van der Waals surface area contributed by atoms with Crippen LogP contribution >= 0.6 is 90.4 Å². The molecule has 0 aliphatic heterocycles. The van der Waals surface area contributed by atoms with Crippen LogP contribution in [0.4, 0.5) is 0 Å². The van der Waals surface area contributed by atoms with Crippen molar-refractivity contribution in [2.75, 3.05) is 0 Å². The highest BCUT2D eigenvalue weighted by molar-refractivity contribution is 14.1. The number of ether oxygens (including phenoxy) is 2. The van der Waals surface area contributed by atoms with Gasteiger partial charge in [-0.2, -0.15) is 0 Å². The standard InChI is InChI=1S/C20H34I4O4/c1-3-5-7-9-11-15(21)19(23)27-17(25)13-14-18(26)28-20(24)16(22)12-10-8-6-4-2/h15-16,19-20H,3-14H2,1-2H3. The molecule has 28 heavy (non-hydrogen) atoms. The minimum atomic E-state index is -0.317. The molecule has 166 valence electrons. The molecule has 4 unspecified atom stereocenters. The first-order chi connectivity index (χ1) is 13.3. The second kappa shape index (κ2) is 19.5. The van der Waals surface area contributed by atoms with Crippen molar-refractivity contribution >= 4 is 102 Å². The zero-order valence-electron chi connectivity index (χ0n) is 16.9. The first-order valence-electron chi connectivity index (χ1n) is 10.3. The van der Waals surface area contributed by atoms with Gasteiger partial charge in [0.15, 0.2) is 8.22 Å². The number of halogens is 4. The fourth-order valence-electron chi connectivity index (χ4n) is 2.52. The second-order valence-corrected chi connectivity index (χ2v) is 12.6. The van der Waals surface area contributed by atoms with Crippen molar-refractivity contribution in [3.8, 4) is 0 Å². The highest BCUT2D eigenvalue weighted by Gasteiger charge is 2.22. The molecule has 0 aliphatic rings. The lowest BCUT2D eigenvalue weighted by Gasteiger charge is -2.19. The third-order valence-electron chi connectivity index (χ3n) is 4.26. The van der Waals surface area contributed by atoms with Crippen molar-refractivity contribution in [2.24, 2.45) is 0 Å². The Kier molecular flexibility index (Phi) is 20.8. The van der Waals surface area contributed by atoms with E-state index in [1.165, 1.54) is 38.5 Å². The molecule has 0 spiro atoms. The topological polar surface area (TPSA) is 52.6 Å². The van der Waals surface area contributed by atoms with Gasteiger partial charge in [-0.05, 0) is 58.0 Å². The van der Waals surface area contributed by atoms with Gasteiger partial charge in [0.05, 0.1) is 20.7 Å². The van der Waals surface area contributed by atoms with Crippen LogP contribution in [-0.2, 0) is 19.1 Å². The Bertz CT molecular complexity index is 385. The van der Waals surface area contributed by atoms with Crippen LogP contribution in [0.2, 0.25) is 0 Å². The first kappa shape index (κ1) is 29.9. The molecule has 0 aromatic rings. The summed E-state index contributed by atoms with van der Waals surface area (Å²) in [6.45, 7) is 4.40. The Labute approximate surface area is 225 Å². The van der Waals surface area contributed by atoms with Crippen molar-refractivity contribution in [1.82, 2.24) is 0 Å². The number of carbonyl (C=O) groups excluding carboxylic acids is 2. The Morgan fingerprint density at radius 3 is 1.32 bits per heavy atom. The van der Waals surface area contributed by atoms with E-state index >= 15 is 0 Å². The molecule has 0 aromatic carbocycles. The fraction of sp³-hybridized carbons (Fsp3) is 0.900. The molecule has 0 fully saturated rings. The van der Waals surface area contributed by atoms with Gasteiger partial charge < -0.3 is 9.47 Å². The summed E-state index contributed by atoms with van der Waals surface area (Å²) in [5.41, 5.74) is 0. The zero-order valence-corrected chi connectivity index (χ0v) is 25.6. The third kappa shape index (κ3) is 16.5. The predicted molar refractivity (Wildman–Crippen MR) is 150 cm³/mol. The molecule has 0 amide bonds. The van der Waals surface area contributed by atoms with Gasteiger partial charge in [0.1, 0.15) is 0 Å². The highest BCUT2D eigenvalue weighted by Crippen LogP contribution is 2.25. The van der Waals surface area contributed by atoms with Crippen LogP contribution in [0.25, 0.3) is 0 Å². The maximum Gasteiger partial charge on any atom is 0.307 e. The molecule has 0 bridgehead atoms. The molecular formula is C20H34I4O4. The number of alkyl halides is 4. The van der Waals surface area contributed by atoms with Crippen LogP contribution in [0.5, 0.6) is 0 Å². The summed E-state index contributed by atoms with van der Waals surface area (Å²) in [6, 6.07) is 0. The Hall–Kier alpha value is 1.86. The van der Waals surface area contributed by atoms with E-state index < -0.39 is 0 Å². The smallest absolute Gasteiger partial charge is 0.307 e. The molecule has 0 saturated carbocycles. The van der Waals surface area contributed by atoms with Crippen molar-refractivity contribution < 1.29 is 19.1 Å². The summed E-state index contributed by atoms with van der Waals surface area (Å²) in [5.74, 6) is -0.635. The van der Waals surface area contributed by atoms with Crippen molar-refractivity contribution in [2.45, 2.75) is 107 Å². The number of hydrogen-bond acceptors (Lipinski definition) is 4. The van der Waals surface area contributed by atoms with Crippen LogP contribution < -0.4 is 0 Å². The van der Waals surface area contributed by atoms with E-state index in [9.17, 15) is 9.59 Å². The van der Waals surface area contributed by atoms with Gasteiger partial charge in [-0.3, -0.25) is 9.59 Å². The number of esters is 2. The van der Waals surface area contributed by atoms with E-state index in [-0.39, 0.29) is 33.0 Å². The Morgan fingerprint density at radius 2 is 1.00 bits per heavy atom. The third-order valence-corrected chi connectivity index (χ3v) is 11.8. The van der Waals surface area contributed by atoms with Crippen molar-refractivity contribution in [1.29, 1.82) is 0 Å². The zero-order chi connectivity index (χ0) is 21.4. The number of hydrogen-bond donors (Lipinski definition) is 0. The lowest BCUT2D eigenvalue weighted by atomic mass is 10.1. The molecule has 0 heterocycles. The van der Waals surface area contributed by atoms with Gasteiger partial charge in [-0.25, -0.2) is 0 Å². The quantitative estimate of drug-likeness (QED) is 0.0647. The van der Waals surface area contributed by atoms with Crippen LogP contribution in [0, 0.1) is 0 Å². The van der Waals surface area contributed by atoms with Gasteiger partial charge in [0.2, 0.25) is 0 Å².